The van der Waals surface area contributed by atoms with E-state index < -0.39 is 23.1 Å². The summed E-state index contributed by atoms with van der Waals surface area (Å²) >= 11 is 4.51. The van der Waals surface area contributed by atoms with Crippen molar-refractivity contribution in [3.8, 4) is 0 Å². The average molecular weight is 251 g/mol. The minimum atomic E-state index is -0.653. The van der Waals surface area contributed by atoms with E-state index in [0.717, 1.165) is 0 Å². The molecule has 0 aromatic carbocycles. The standard InChI is InChI=1S/C11H25NO3S/c1-7(13)4-10(12)11(16,5-8(2)14)6-9(3)15/h7-10,13-16H,4-6,12H2,1-3H3. The summed E-state index contributed by atoms with van der Waals surface area (Å²) in [6.45, 7) is 5.00. The average Bonchev–Trinajstić information content (AvgIpc) is 1.98. The van der Waals surface area contributed by atoms with Crippen molar-refractivity contribution in [3.05, 3.63) is 0 Å². The molecule has 0 aliphatic carbocycles. The van der Waals surface area contributed by atoms with Crippen LogP contribution in [0, 0.1) is 0 Å². The Morgan fingerprint density at radius 1 is 1.00 bits per heavy atom. The molecular weight excluding hydrogens is 226 g/mol. The second-order valence-electron chi connectivity index (χ2n) is 4.90. The van der Waals surface area contributed by atoms with Gasteiger partial charge in [-0.1, -0.05) is 0 Å². The largest absolute Gasteiger partial charge is 0.393 e. The minimum absolute atomic E-state index is 0.361. The normalized spacial score (nSPS) is 23.2. The molecule has 5 heteroatoms. The van der Waals surface area contributed by atoms with Gasteiger partial charge < -0.3 is 21.1 Å². The molecule has 0 bridgehead atoms. The summed E-state index contributed by atoms with van der Waals surface area (Å²) in [5, 5.41) is 28.2. The number of hydrogen-bond donors (Lipinski definition) is 5. The molecule has 0 amide bonds. The van der Waals surface area contributed by atoms with E-state index in [0.29, 0.717) is 19.3 Å². The second kappa shape index (κ2) is 6.81. The van der Waals surface area contributed by atoms with Crippen LogP contribution in [0.15, 0.2) is 0 Å². The van der Waals surface area contributed by atoms with Crippen molar-refractivity contribution in [2.75, 3.05) is 0 Å². The highest BCUT2D eigenvalue weighted by molar-refractivity contribution is 7.81. The third-order valence-corrected chi connectivity index (χ3v) is 3.28. The highest BCUT2D eigenvalue weighted by atomic mass is 32.1. The van der Waals surface area contributed by atoms with E-state index in [-0.39, 0.29) is 6.04 Å². The minimum Gasteiger partial charge on any atom is -0.393 e. The summed E-state index contributed by atoms with van der Waals surface area (Å²) in [5.74, 6) is 0. The zero-order valence-electron chi connectivity index (χ0n) is 10.3. The van der Waals surface area contributed by atoms with Crippen LogP contribution in [-0.2, 0) is 0 Å². The zero-order chi connectivity index (χ0) is 12.9. The Balaban J connectivity index is 4.62. The van der Waals surface area contributed by atoms with Crippen LogP contribution in [0.5, 0.6) is 0 Å². The van der Waals surface area contributed by atoms with E-state index in [2.05, 4.69) is 12.6 Å². The lowest BCUT2D eigenvalue weighted by atomic mass is 9.85. The maximum Gasteiger partial charge on any atom is 0.0527 e. The van der Waals surface area contributed by atoms with Crippen LogP contribution in [0.2, 0.25) is 0 Å². The predicted octanol–water partition coefficient (Wildman–Crippen LogP) is 0.295. The number of aliphatic hydroxyl groups is 3. The molecule has 0 heterocycles. The van der Waals surface area contributed by atoms with Crippen LogP contribution < -0.4 is 5.73 Å². The maximum absolute atomic E-state index is 9.44. The van der Waals surface area contributed by atoms with Crippen LogP contribution in [-0.4, -0.2) is 44.4 Å². The van der Waals surface area contributed by atoms with Gasteiger partial charge in [0.05, 0.1) is 18.3 Å². The molecule has 4 nitrogen and oxygen atoms in total. The van der Waals surface area contributed by atoms with Crippen LogP contribution in [0.3, 0.4) is 0 Å². The highest BCUT2D eigenvalue weighted by Crippen LogP contribution is 2.32. The third kappa shape index (κ3) is 6.06. The summed E-state index contributed by atoms with van der Waals surface area (Å²) in [4.78, 5) is 0. The quantitative estimate of drug-likeness (QED) is 0.421. The maximum atomic E-state index is 9.44. The number of hydrogen-bond acceptors (Lipinski definition) is 5. The van der Waals surface area contributed by atoms with E-state index in [4.69, 9.17) is 5.73 Å². The van der Waals surface area contributed by atoms with Crippen molar-refractivity contribution in [1.29, 1.82) is 0 Å². The Kier molecular flexibility index (Phi) is 6.89. The van der Waals surface area contributed by atoms with Crippen molar-refractivity contribution in [2.45, 2.75) is 69.1 Å². The summed E-state index contributed by atoms with van der Waals surface area (Å²) in [6.07, 6.45) is -0.371. The highest BCUT2D eigenvalue weighted by Gasteiger charge is 2.35. The first-order valence-electron chi connectivity index (χ1n) is 5.69. The molecule has 0 aromatic heterocycles. The topological polar surface area (TPSA) is 86.7 Å². The zero-order valence-corrected chi connectivity index (χ0v) is 11.2. The predicted molar refractivity (Wildman–Crippen MR) is 68.6 cm³/mol. The monoisotopic (exact) mass is 251 g/mol. The molecule has 4 unspecified atom stereocenters. The summed E-state index contributed by atoms with van der Waals surface area (Å²) in [7, 11) is 0. The summed E-state index contributed by atoms with van der Waals surface area (Å²) in [5.41, 5.74) is 5.99. The fourth-order valence-electron chi connectivity index (χ4n) is 2.00. The Morgan fingerprint density at radius 3 is 1.62 bits per heavy atom. The Hall–Kier alpha value is 0.190. The van der Waals surface area contributed by atoms with Gasteiger partial charge in [0, 0.05) is 10.8 Å². The molecule has 0 radical (unpaired) electrons. The number of rotatable bonds is 7. The van der Waals surface area contributed by atoms with Gasteiger partial charge in [-0.25, -0.2) is 0 Å². The van der Waals surface area contributed by atoms with Crippen LogP contribution in [0.1, 0.15) is 40.0 Å². The lowest BCUT2D eigenvalue weighted by molar-refractivity contribution is 0.108. The third-order valence-electron chi connectivity index (χ3n) is 2.58. The van der Waals surface area contributed by atoms with Gasteiger partial charge in [0.2, 0.25) is 0 Å². The van der Waals surface area contributed by atoms with Crippen LogP contribution in [0.25, 0.3) is 0 Å². The van der Waals surface area contributed by atoms with Gasteiger partial charge in [-0.3, -0.25) is 0 Å². The van der Waals surface area contributed by atoms with E-state index in [1.807, 2.05) is 0 Å². The van der Waals surface area contributed by atoms with E-state index in [1.165, 1.54) is 0 Å². The van der Waals surface area contributed by atoms with E-state index >= 15 is 0 Å². The van der Waals surface area contributed by atoms with Gasteiger partial charge in [0.15, 0.2) is 0 Å². The molecule has 5 N–H and O–H groups in total. The van der Waals surface area contributed by atoms with Gasteiger partial charge >= 0.3 is 0 Å². The fraction of sp³-hybridized carbons (Fsp3) is 1.00. The molecule has 0 fully saturated rings. The number of nitrogens with two attached hydrogens (primary N) is 1. The molecule has 0 rings (SSSR count). The van der Waals surface area contributed by atoms with Gasteiger partial charge in [0.1, 0.15) is 0 Å². The van der Waals surface area contributed by atoms with Crippen molar-refractivity contribution in [1.82, 2.24) is 0 Å². The SMILES string of the molecule is CC(O)CC(N)C(S)(CC(C)O)CC(C)O. The molecule has 0 saturated heterocycles. The van der Waals surface area contributed by atoms with Crippen LogP contribution >= 0.6 is 12.6 Å². The lowest BCUT2D eigenvalue weighted by Crippen LogP contribution is -2.48. The molecule has 16 heavy (non-hydrogen) atoms. The molecule has 0 spiro atoms. The first-order chi connectivity index (χ1) is 7.17. The van der Waals surface area contributed by atoms with Gasteiger partial charge in [-0.2, -0.15) is 12.6 Å². The first-order valence-corrected chi connectivity index (χ1v) is 6.14. The summed E-state index contributed by atoms with van der Waals surface area (Å²) in [6, 6.07) is -0.361. The molecule has 0 saturated carbocycles. The lowest BCUT2D eigenvalue weighted by Gasteiger charge is -2.37. The molecular formula is C11H25NO3S. The van der Waals surface area contributed by atoms with Crippen LogP contribution in [0.4, 0.5) is 0 Å². The molecule has 98 valence electrons. The molecule has 0 aromatic rings. The van der Waals surface area contributed by atoms with Crippen molar-refractivity contribution >= 4 is 12.6 Å². The van der Waals surface area contributed by atoms with E-state index in [9.17, 15) is 15.3 Å². The Morgan fingerprint density at radius 2 is 1.38 bits per heavy atom. The smallest absolute Gasteiger partial charge is 0.0527 e. The molecule has 4 atom stereocenters. The first kappa shape index (κ1) is 16.2. The van der Waals surface area contributed by atoms with Gasteiger partial charge in [0.25, 0.3) is 0 Å². The van der Waals surface area contributed by atoms with Crippen molar-refractivity contribution < 1.29 is 15.3 Å². The van der Waals surface area contributed by atoms with Gasteiger partial charge in [-0.15, -0.1) is 0 Å². The van der Waals surface area contributed by atoms with Gasteiger partial charge in [-0.05, 0) is 40.0 Å². The van der Waals surface area contributed by atoms with Crippen molar-refractivity contribution in [2.24, 2.45) is 5.73 Å². The fourth-order valence-corrected chi connectivity index (χ4v) is 2.63. The molecule has 0 aliphatic heterocycles. The Labute approximate surface area is 103 Å². The second-order valence-corrected chi connectivity index (χ2v) is 5.79. The molecule has 0 aliphatic rings. The summed E-state index contributed by atoms with van der Waals surface area (Å²) < 4.78 is -0.653. The number of thiol groups is 1. The van der Waals surface area contributed by atoms with Crippen molar-refractivity contribution in [3.63, 3.8) is 0 Å². The van der Waals surface area contributed by atoms with E-state index in [1.54, 1.807) is 20.8 Å². The number of aliphatic hydroxyl groups excluding tert-OH is 3. The Bertz CT molecular complexity index is 188.